The van der Waals surface area contributed by atoms with Crippen LogP contribution in [0, 0.1) is 0 Å². The number of rotatable bonds is 11. The number of para-hydroxylation sites is 1. The first-order valence-electron chi connectivity index (χ1n) is 14.5. The van der Waals surface area contributed by atoms with Crippen molar-refractivity contribution in [2.24, 2.45) is 0 Å². The minimum absolute atomic E-state index is 0.0180. The van der Waals surface area contributed by atoms with Crippen molar-refractivity contribution in [2.75, 3.05) is 23.9 Å². The van der Waals surface area contributed by atoms with E-state index in [2.05, 4.69) is 10.0 Å². The molecule has 0 heterocycles. The number of aliphatic carboxylic acids is 1. The fourth-order valence-electron chi connectivity index (χ4n) is 5.00. The van der Waals surface area contributed by atoms with Gasteiger partial charge in [0.05, 0.1) is 35.5 Å². The van der Waals surface area contributed by atoms with Gasteiger partial charge in [0.1, 0.15) is 6.04 Å². The quantitative estimate of drug-likeness (QED) is 0.166. The summed E-state index contributed by atoms with van der Waals surface area (Å²) in [5, 5.41) is 23.3. The molecule has 15 heteroatoms. The van der Waals surface area contributed by atoms with Crippen molar-refractivity contribution in [1.29, 1.82) is 0 Å². The predicted octanol–water partition coefficient (Wildman–Crippen LogP) is 4.18. The van der Waals surface area contributed by atoms with E-state index in [4.69, 9.17) is 4.74 Å². The zero-order chi connectivity index (χ0) is 35.2. The molecule has 0 aliphatic heterocycles. The summed E-state index contributed by atoms with van der Waals surface area (Å²) in [6, 6.07) is 19.6. The summed E-state index contributed by atoms with van der Waals surface area (Å²) >= 11 is 0. The van der Waals surface area contributed by atoms with Crippen molar-refractivity contribution in [2.45, 2.75) is 31.3 Å². The van der Waals surface area contributed by atoms with Gasteiger partial charge in [0.2, 0.25) is 10.0 Å². The highest BCUT2D eigenvalue weighted by Gasteiger charge is 2.31. The smallest absolute Gasteiger partial charge is 0.416 e. The van der Waals surface area contributed by atoms with Gasteiger partial charge in [-0.3, -0.25) is 14.5 Å². The van der Waals surface area contributed by atoms with Gasteiger partial charge in [-0.1, -0.05) is 55.5 Å². The Morgan fingerprint density at radius 2 is 1.46 bits per heavy atom. The maximum atomic E-state index is 13.6. The van der Waals surface area contributed by atoms with Crippen LogP contribution in [-0.2, 0) is 35.7 Å². The second-order valence-electron chi connectivity index (χ2n) is 10.4. The molecule has 0 unspecified atom stereocenters. The number of ether oxygens (including phenoxy) is 1. The number of aromatic carboxylic acids is 1. The number of nitrogens with one attached hydrogen (secondary N) is 2. The maximum absolute atomic E-state index is 13.6. The Morgan fingerprint density at radius 3 is 2.06 bits per heavy atom. The summed E-state index contributed by atoms with van der Waals surface area (Å²) < 4.78 is 31.8. The summed E-state index contributed by atoms with van der Waals surface area (Å²) in [6.07, 6.45) is -0.946. The Hall–Kier alpha value is -5.80. The molecule has 0 fully saturated rings. The third-order valence-corrected chi connectivity index (χ3v) is 8.78. The standard InChI is InChI=1S/C33H32N4O10S/c1-4-34-48(45,46)22-15-13-21(14-16-22)19-36(33(44)47-3)29(38)20(2)35-26-17-18-28(24-10-6-5-9-23(24)26)37(30(39)32(42)43)27-12-8-7-11-25(27)31(40)41/h5-18,20,34-35H,4,19H2,1-3H3,(H,40,41)(H,42,43)/t20-/m0/s1. The minimum atomic E-state index is -3.71. The Labute approximate surface area is 275 Å². The topological polar surface area (TPSA) is 200 Å². The molecule has 250 valence electrons. The second kappa shape index (κ2) is 14.7. The highest BCUT2D eigenvalue weighted by Crippen LogP contribution is 2.38. The molecule has 0 saturated heterocycles. The van der Waals surface area contributed by atoms with E-state index in [-0.39, 0.29) is 34.9 Å². The monoisotopic (exact) mass is 676 g/mol. The third-order valence-electron chi connectivity index (χ3n) is 7.22. The molecule has 0 radical (unpaired) electrons. The van der Waals surface area contributed by atoms with Crippen LogP contribution in [0.2, 0.25) is 0 Å². The zero-order valence-corrected chi connectivity index (χ0v) is 26.9. The van der Waals surface area contributed by atoms with Gasteiger partial charge in [0, 0.05) is 23.0 Å². The number of nitrogens with zero attached hydrogens (tertiary/aromatic N) is 2. The first-order valence-corrected chi connectivity index (χ1v) is 15.9. The fraction of sp³-hybridized carbons (Fsp3) is 0.182. The normalized spacial score (nSPS) is 11.7. The molecule has 0 saturated carbocycles. The lowest BCUT2D eigenvalue weighted by molar-refractivity contribution is -0.148. The molecule has 0 aromatic heterocycles. The molecular weight excluding hydrogens is 644 g/mol. The summed E-state index contributed by atoms with van der Waals surface area (Å²) in [6.45, 7) is 3.13. The predicted molar refractivity (Wildman–Crippen MR) is 175 cm³/mol. The molecule has 0 bridgehead atoms. The van der Waals surface area contributed by atoms with E-state index in [0.29, 0.717) is 22.0 Å². The van der Waals surface area contributed by atoms with Crippen LogP contribution in [0.25, 0.3) is 10.8 Å². The molecule has 4 aromatic rings. The number of carboxylic acid groups (broad SMARTS) is 2. The zero-order valence-electron chi connectivity index (χ0n) is 26.0. The number of amides is 3. The number of methoxy groups -OCH3 is 1. The highest BCUT2D eigenvalue weighted by atomic mass is 32.2. The number of sulfonamides is 1. The molecule has 14 nitrogen and oxygen atoms in total. The molecule has 48 heavy (non-hydrogen) atoms. The van der Waals surface area contributed by atoms with Crippen molar-refractivity contribution in [1.82, 2.24) is 9.62 Å². The molecule has 1 atom stereocenters. The fourth-order valence-corrected chi connectivity index (χ4v) is 6.04. The molecule has 4 N–H and O–H groups in total. The first kappa shape index (κ1) is 35.1. The van der Waals surface area contributed by atoms with Crippen LogP contribution in [0.3, 0.4) is 0 Å². The maximum Gasteiger partial charge on any atom is 0.416 e. The van der Waals surface area contributed by atoms with E-state index >= 15 is 0 Å². The molecule has 3 amide bonds. The molecule has 0 aliphatic carbocycles. The lowest BCUT2D eigenvalue weighted by atomic mass is 10.0. The Balaban J connectivity index is 1.68. The Morgan fingerprint density at radius 1 is 0.833 bits per heavy atom. The Bertz CT molecular complexity index is 2000. The van der Waals surface area contributed by atoms with Gasteiger partial charge in [-0.25, -0.2) is 32.4 Å². The SMILES string of the molecule is CCNS(=O)(=O)c1ccc(CN(C(=O)OC)C(=O)[C@H](C)Nc2ccc(N(C(=O)C(=O)O)c3ccccc3C(=O)O)c3ccccc23)cc1. The molecule has 0 spiro atoms. The van der Waals surface area contributed by atoms with E-state index in [1.165, 1.54) is 67.6 Å². The van der Waals surface area contributed by atoms with Crippen molar-refractivity contribution >= 4 is 67.7 Å². The van der Waals surface area contributed by atoms with Gasteiger partial charge < -0.3 is 20.3 Å². The van der Waals surface area contributed by atoms with Crippen LogP contribution in [-0.4, -0.2) is 73.1 Å². The number of anilines is 3. The third kappa shape index (κ3) is 7.43. The lowest BCUT2D eigenvalue weighted by Crippen LogP contribution is -2.44. The second-order valence-corrected chi connectivity index (χ2v) is 12.1. The van der Waals surface area contributed by atoms with Crippen LogP contribution < -0.4 is 14.9 Å². The van der Waals surface area contributed by atoms with E-state index in [1.807, 2.05) is 0 Å². The number of carbonyl (C=O) groups excluding carboxylic acids is 3. The van der Waals surface area contributed by atoms with E-state index in [0.717, 1.165) is 16.9 Å². The number of hydrogen-bond donors (Lipinski definition) is 4. The summed E-state index contributed by atoms with van der Waals surface area (Å²) in [5.41, 5.74) is 0.456. The van der Waals surface area contributed by atoms with Gasteiger partial charge in [-0.2, -0.15) is 0 Å². The first-order chi connectivity index (χ1) is 22.8. The summed E-state index contributed by atoms with van der Waals surface area (Å²) in [4.78, 5) is 64.9. The average molecular weight is 677 g/mol. The van der Waals surface area contributed by atoms with E-state index in [9.17, 15) is 42.6 Å². The number of carboxylic acids is 2. The highest BCUT2D eigenvalue weighted by molar-refractivity contribution is 7.89. The van der Waals surface area contributed by atoms with Crippen LogP contribution in [0.15, 0.2) is 89.8 Å². The number of carbonyl (C=O) groups is 5. The minimum Gasteiger partial charge on any atom is -0.478 e. The van der Waals surface area contributed by atoms with Crippen LogP contribution >= 0.6 is 0 Å². The molecule has 4 rings (SSSR count). The van der Waals surface area contributed by atoms with Gasteiger partial charge >= 0.3 is 23.9 Å². The van der Waals surface area contributed by atoms with Gasteiger partial charge in [-0.05, 0) is 48.9 Å². The molecular formula is C33H32N4O10S. The van der Waals surface area contributed by atoms with Crippen LogP contribution in [0.1, 0.15) is 29.8 Å². The number of benzene rings is 4. The van der Waals surface area contributed by atoms with Crippen molar-refractivity contribution in [3.05, 3.63) is 96.1 Å². The summed E-state index contributed by atoms with van der Waals surface area (Å²) in [7, 11) is -2.59. The average Bonchev–Trinajstić information content (AvgIpc) is 3.07. The van der Waals surface area contributed by atoms with Crippen molar-refractivity contribution < 1.29 is 47.3 Å². The molecule has 4 aromatic carbocycles. The number of hydrogen-bond acceptors (Lipinski definition) is 9. The van der Waals surface area contributed by atoms with E-state index in [1.54, 1.807) is 31.2 Å². The van der Waals surface area contributed by atoms with Gasteiger partial charge in [0.15, 0.2) is 0 Å². The van der Waals surface area contributed by atoms with Gasteiger partial charge in [0.25, 0.3) is 5.91 Å². The van der Waals surface area contributed by atoms with Crippen molar-refractivity contribution in [3.63, 3.8) is 0 Å². The summed E-state index contributed by atoms with van der Waals surface area (Å²) in [5.74, 6) is -5.25. The largest absolute Gasteiger partial charge is 0.478 e. The lowest BCUT2D eigenvalue weighted by Gasteiger charge is -2.27. The number of imide groups is 1. The van der Waals surface area contributed by atoms with Crippen LogP contribution in [0.5, 0.6) is 0 Å². The van der Waals surface area contributed by atoms with Crippen LogP contribution in [0.4, 0.5) is 21.9 Å². The number of fused-ring (bicyclic) bond motifs is 1. The molecule has 0 aliphatic rings. The Kier molecular flexibility index (Phi) is 10.8. The van der Waals surface area contributed by atoms with Crippen molar-refractivity contribution in [3.8, 4) is 0 Å². The van der Waals surface area contributed by atoms with Gasteiger partial charge in [-0.15, -0.1) is 0 Å². The van der Waals surface area contributed by atoms with E-state index < -0.39 is 45.9 Å².